The van der Waals surface area contributed by atoms with Crippen LogP contribution in [0.1, 0.15) is 6.42 Å². The summed E-state index contributed by atoms with van der Waals surface area (Å²) in [4.78, 5) is 27.8. The zero-order chi connectivity index (χ0) is 17.3. The van der Waals surface area contributed by atoms with E-state index in [2.05, 4.69) is 5.10 Å². The Balaban J connectivity index is 1.65. The Labute approximate surface area is 141 Å². The Hall–Kier alpha value is -1.71. The molecule has 0 N–H and O–H groups in total. The van der Waals surface area contributed by atoms with Crippen LogP contribution in [0.4, 0.5) is 18.9 Å². The molecule has 2 saturated heterocycles. The second kappa shape index (κ2) is 6.66. The van der Waals surface area contributed by atoms with Crippen LogP contribution in [-0.4, -0.2) is 63.8 Å². The van der Waals surface area contributed by atoms with Gasteiger partial charge in [0.25, 0.3) is 0 Å². The number of alkyl halides is 3. The summed E-state index contributed by atoms with van der Waals surface area (Å²) in [5.41, 5.74) is 0.300. The highest BCUT2D eigenvalue weighted by Gasteiger charge is 2.38. The maximum atomic E-state index is 12.5. The summed E-state index contributed by atoms with van der Waals surface area (Å²) in [7, 11) is 0. The number of halogens is 3. The standard InChI is InChI=1S/C14H17F3N4O2S/c15-14(16,17)9-20-8-11(6-18-20)21-7-10(5-12(21)22)13(23)19-1-3-24-4-2-19/h6,8,10H,1-5,7,9H2/t10-/m1/s1. The molecule has 2 fully saturated rings. The molecule has 2 amide bonds. The maximum Gasteiger partial charge on any atom is 0.408 e. The van der Waals surface area contributed by atoms with Crippen molar-refractivity contribution in [3.63, 3.8) is 0 Å². The molecule has 2 aliphatic heterocycles. The summed E-state index contributed by atoms with van der Waals surface area (Å²) in [5, 5.41) is 3.65. The number of amides is 2. The third kappa shape index (κ3) is 3.85. The first kappa shape index (κ1) is 17.1. The normalized spacial score (nSPS) is 22.3. The predicted molar refractivity (Wildman–Crippen MR) is 82.6 cm³/mol. The van der Waals surface area contributed by atoms with Gasteiger partial charge in [0, 0.05) is 43.8 Å². The summed E-state index contributed by atoms with van der Waals surface area (Å²) in [6, 6.07) is 0. The first-order valence-electron chi connectivity index (χ1n) is 7.59. The van der Waals surface area contributed by atoms with Crippen molar-refractivity contribution in [2.45, 2.75) is 19.1 Å². The SMILES string of the molecule is O=C([C@@H]1CC(=O)N(c2cnn(CC(F)(F)F)c2)C1)N1CCSCC1. The maximum absolute atomic E-state index is 12.5. The number of nitrogens with zero attached hydrogens (tertiary/aromatic N) is 4. The third-order valence-electron chi connectivity index (χ3n) is 4.07. The van der Waals surface area contributed by atoms with Gasteiger partial charge < -0.3 is 9.80 Å². The molecule has 0 aromatic carbocycles. The van der Waals surface area contributed by atoms with Crippen LogP contribution in [0.5, 0.6) is 0 Å². The molecule has 1 aromatic heterocycles. The van der Waals surface area contributed by atoms with E-state index >= 15 is 0 Å². The number of rotatable bonds is 3. The van der Waals surface area contributed by atoms with Crippen molar-refractivity contribution in [1.82, 2.24) is 14.7 Å². The molecule has 6 nitrogen and oxygen atoms in total. The van der Waals surface area contributed by atoms with Gasteiger partial charge in [-0.25, -0.2) is 0 Å². The third-order valence-corrected chi connectivity index (χ3v) is 5.01. The van der Waals surface area contributed by atoms with E-state index in [1.807, 2.05) is 0 Å². The number of carbonyl (C=O) groups is 2. The average molecular weight is 362 g/mol. The Kier molecular flexibility index (Phi) is 4.75. The zero-order valence-corrected chi connectivity index (χ0v) is 13.6. The smallest absolute Gasteiger partial charge is 0.341 e. The van der Waals surface area contributed by atoms with Crippen LogP contribution in [0.3, 0.4) is 0 Å². The fourth-order valence-corrected chi connectivity index (χ4v) is 3.83. The number of hydrogen-bond acceptors (Lipinski definition) is 4. The van der Waals surface area contributed by atoms with Crippen molar-refractivity contribution in [2.24, 2.45) is 5.92 Å². The van der Waals surface area contributed by atoms with Gasteiger partial charge in [-0.3, -0.25) is 14.3 Å². The topological polar surface area (TPSA) is 58.4 Å². The molecule has 24 heavy (non-hydrogen) atoms. The van der Waals surface area contributed by atoms with Gasteiger partial charge in [-0.1, -0.05) is 0 Å². The highest BCUT2D eigenvalue weighted by molar-refractivity contribution is 7.99. The number of carbonyl (C=O) groups excluding carboxylic acids is 2. The number of hydrogen-bond donors (Lipinski definition) is 0. The molecule has 132 valence electrons. The van der Waals surface area contributed by atoms with Crippen molar-refractivity contribution < 1.29 is 22.8 Å². The molecule has 0 saturated carbocycles. The van der Waals surface area contributed by atoms with E-state index in [1.165, 1.54) is 17.3 Å². The summed E-state index contributed by atoms with van der Waals surface area (Å²) in [6.07, 6.45) is -1.86. The van der Waals surface area contributed by atoms with Gasteiger partial charge in [0.15, 0.2) is 0 Å². The Morgan fingerprint density at radius 2 is 2.04 bits per heavy atom. The molecule has 0 radical (unpaired) electrons. The molecule has 0 spiro atoms. The largest absolute Gasteiger partial charge is 0.408 e. The number of anilines is 1. The van der Waals surface area contributed by atoms with Gasteiger partial charge >= 0.3 is 6.18 Å². The second-order valence-electron chi connectivity index (χ2n) is 5.85. The van der Waals surface area contributed by atoms with Crippen LogP contribution in [0, 0.1) is 5.92 Å². The molecule has 3 rings (SSSR count). The molecule has 1 aromatic rings. The van der Waals surface area contributed by atoms with Crippen molar-refractivity contribution in [2.75, 3.05) is 36.0 Å². The highest BCUT2D eigenvalue weighted by atomic mass is 32.2. The van der Waals surface area contributed by atoms with Crippen LogP contribution >= 0.6 is 11.8 Å². The number of aromatic nitrogens is 2. The van der Waals surface area contributed by atoms with Crippen LogP contribution in [-0.2, 0) is 16.1 Å². The van der Waals surface area contributed by atoms with Crippen molar-refractivity contribution in [1.29, 1.82) is 0 Å². The van der Waals surface area contributed by atoms with Gasteiger partial charge in [0.05, 0.1) is 17.8 Å². The minimum Gasteiger partial charge on any atom is -0.341 e. The number of thioether (sulfide) groups is 1. The molecule has 0 aliphatic carbocycles. The van der Waals surface area contributed by atoms with E-state index in [0.717, 1.165) is 16.2 Å². The fraction of sp³-hybridized carbons (Fsp3) is 0.643. The first-order valence-corrected chi connectivity index (χ1v) is 8.75. The fourth-order valence-electron chi connectivity index (χ4n) is 2.93. The van der Waals surface area contributed by atoms with Crippen molar-refractivity contribution in [3.05, 3.63) is 12.4 Å². The van der Waals surface area contributed by atoms with Crippen molar-refractivity contribution in [3.8, 4) is 0 Å². The summed E-state index contributed by atoms with van der Waals surface area (Å²) >= 11 is 1.79. The van der Waals surface area contributed by atoms with Crippen LogP contribution < -0.4 is 4.90 Å². The lowest BCUT2D eigenvalue weighted by molar-refractivity contribution is -0.142. The minimum atomic E-state index is -4.37. The van der Waals surface area contributed by atoms with Gasteiger partial charge in [-0.05, 0) is 0 Å². The van der Waals surface area contributed by atoms with E-state index in [9.17, 15) is 22.8 Å². The van der Waals surface area contributed by atoms with Crippen molar-refractivity contribution >= 4 is 29.3 Å². The highest BCUT2D eigenvalue weighted by Crippen LogP contribution is 2.27. The van der Waals surface area contributed by atoms with Gasteiger partial charge in [0.2, 0.25) is 11.8 Å². The Morgan fingerprint density at radius 1 is 1.33 bits per heavy atom. The zero-order valence-electron chi connectivity index (χ0n) is 12.8. The lowest BCUT2D eigenvalue weighted by Gasteiger charge is -2.28. The summed E-state index contributed by atoms with van der Waals surface area (Å²) in [6.45, 7) is 0.345. The molecule has 1 atom stereocenters. The lowest BCUT2D eigenvalue weighted by Crippen LogP contribution is -2.42. The minimum absolute atomic E-state index is 0.0474. The van der Waals surface area contributed by atoms with Gasteiger partial charge in [-0.15, -0.1) is 0 Å². The molecule has 0 unspecified atom stereocenters. The van der Waals surface area contributed by atoms with E-state index in [-0.39, 0.29) is 24.8 Å². The quantitative estimate of drug-likeness (QED) is 0.815. The molecule has 0 bridgehead atoms. The Morgan fingerprint density at radius 3 is 2.71 bits per heavy atom. The molecule has 2 aliphatic rings. The van der Waals surface area contributed by atoms with Crippen LogP contribution in [0.2, 0.25) is 0 Å². The first-order chi connectivity index (χ1) is 11.3. The Bertz CT molecular complexity index is 628. The monoisotopic (exact) mass is 362 g/mol. The second-order valence-corrected chi connectivity index (χ2v) is 7.08. The van der Waals surface area contributed by atoms with E-state index < -0.39 is 18.6 Å². The van der Waals surface area contributed by atoms with E-state index in [4.69, 9.17) is 0 Å². The van der Waals surface area contributed by atoms with Gasteiger partial charge in [-0.2, -0.15) is 30.0 Å². The molecular weight excluding hydrogens is 345 g/mol. The van der Waals surface area contributed by atoms with Crippen LogP contribution in [0.15, 0.2) is 12.4 Å². The molecular formula is C14H17F3N4O2S. The summed E-state index contributed by atoms with van der Waals surface area (Å²) < 4.78 is 37.9. The lowest BCUT2D eigenvalue weighted by atomic mass is 10.1. The molecule has 10 heteroatoms. The van der Waals surface area contributed by atoms with E-state index in [0.29, 0.717) is 18.8 Å². The summed E-state index contributed by atoms with van der Waals surface area (Å²) in [5.74, 6) is 1.03. The average Bonchev–Trinajstić information content (AvgIpc) is 3.12. The van der Waals surface area contributed by atoms with E-state index in [1.54, 1.807) is 16.7 Å². The predicted octanol–water partition coefficient (Wildman–Crippen LogP) is 1.37. The van der Waals surface area contributed by atoms with Gasteiger partial charge in [0.1, 0.15) is 6.54 Å². The molecule has 3 heterocycles. The van der Waals surface area contributed by atoms with Crippen LogP contribution in [0.25, 0.3) is 0 Å².